The molecule has 0 atom stereocenters. The van der Waals surface area contributed by atoms with Crippen molar-refractivity contribution in [2.24, 2.45) is 0 Å². The normalized spacial score (nSPS) is 10.9. The zero-order valence-corrected chi connectivity index (χ0v) is 11.1. The van der Waals surface area contributed by atoms with Crippen molar-refractivity contribution in [3.63, 3.8) is 0 Å². The Morgan fingerprint density at radius 1 is 1.42 bits per heavy atom. The maximum absolute atomic E-state index is 10.9. The summed E-state index contributed by atoms with van der Waals surface area (Å²) in [7, 11) is 0. The smallest absolute Gasteiger partial charge is 0.270 e. The minimum Gasteiger partial charge on any atom is -0.382 e. The van der Waals surface area contributed by atoms with Gasteiger partial charge in [-0.1, -0.05) is 19.9 Å². The average Bonchev–Trinajstić information content (AvgIpc) is 2.71. The molecule has 6 nitrogen and oxygen atoms in total. The van der Waals surface area contributed by atoms with E-state index in [9.17, 15) is 10.1 Å². The third-order valence-corrected chi connectivity index (χ3v) is 3.11. The Bertz CT molecular complexity index is 632. The van der Waals surface area contributed by atoms with Crippen LogP contribution >= 0.6 is 0 Å². The summed E-state index contributed by atoms with van der Waals surface area (Å²) in [5, 5.41) is 17.8. The van der Waals surface area contributed by atoms with E-state index in [-0.39, 0.29) is 11.6 Å². The zero-order chi connectivity index (χ0) is 14.2. The number of nitrogens with zero attached hydrogens (tertiary/aromatic N) is 2. The van der Waals surface area contributed by atoms with Crippen molar-refractivity contribution in [2.45, 2.75) is 26.7 Å². The summed E-state index contributed by atoms with van der Waals surface area (Å²) < 4.78 is 0. The fourth-order valence-corrected chi connectivity index (χ4v) is 2.15. The monoisotopic (exact) mass is 260 g/mol. The number of anilines is 1. The van der Waals surface area contributed by atoms with Crippen LogP contribution < -0.4 is 5.73 Å². The molecule has 6 heteroatoms. The van der Waals surface area contributed by atoms with Crippen LogP contribution in [0.3, 0.4) is 0 Å². The van der Waals surface area contributed by atoms with E-state index < -0.39 is 4.92 Å². The number of benzene rings is 1. The van der Waals surface area contributed by atoms with Gasteiger partial charge in [-0.3, -0.25) is 15.2 Å². The van der Waals surface area contributed by atoms with Gasteiger partial charge in [-0.25, -0.2) is 0 Å². The van der Waals surface area contributed by atoms with Crippen LogP contribution in [0.2, 0.25) is 0 Å². The first kappa shape index (κ1) is 13.1. The zero-order valence-electron chi connectivity index (χ0n) is 11.1. The average molecular weight is 260 g/mol. The number of nitrogen functional groups attached to an aromatic ring is 1. The van der Waals surface area contributed by atoms with Crippen LogP contribution in [-0.4, -0.2) is 15.1 Å². The number of aryl methyl sites for hydroxylation is 1. The molecule has 1 heterocycles. The Labute approximate surface area is 110 Å². The number of nitrogens with one attached hydrogen (secondary N) is 1. The fourth-order valence-electron chi connectivity index (χ4n) is 2.15. The molecule has 0 bridgehead atoms. The number of H-pyrrole nitrogens is 1. The summed E-state index contributed by atoms with van der Waals surface area (Å²) >= 11 is 0. The molecule has 0 aliphatic heterocycles. The second-order valence-corrected chi connectivity index (χ2v) is 4.81. The van der Waals surface area contributed by atoms with Gasteiger partial charge in [0.2, 0.25) is 0 Å². The molecule has 2 rings (SSSR count). The molecule has 0 saturated carbocycles. The Hall–Kier alpha value is -2.37. The molecule has 19 heavy (non-hydrogen) atoms. The molecule has 1 aromatic carbocycles. The molecule has 0 amide bonds. The minimum atomic E-state index is -0.405. The maximum Gasteiger partial charge on any atom is 0.270 e. The Balaban J connectivity index is 2.65. The molecule has 0 radical (unpaired) electrons. The SMILES string of the molecule is Cc1ccc([N+](=O)[O-])cc1-c1[nH]nc(N)c1C(C)C. The highest BCUT2D eigenvalue weighted by atomic mass is 16.6. The van der Waals surface area contributed by atoms with Crippen LogP contribution in [0, 0.1) is 17.0 Å². The van der Waals surface area contributed by atoms with E-state index in [2.05, 4.69) is 10.2 Å². The van der Waals surface area contributed by atoms with Crippen molar-refractivity contribution in [2.75, 3.05) is 5.73 Å². The van der Waals surface area contributed by atoms with E-state index >= 15 is 0 Å². The van der Waals surface area contributed by atoms with E-state index in [0.717, 1.165) is 22.4 Å². The molecule has 3 N–H and O–H groups in total. The van der Waals surface area contributed by atoms with Crippen molar-refractivity contribution in [3.05, 3.63) is 39.4 Å². The second-order valence-electron chi connectivity index (χ2n) is 4.81. The second kappa shape index (κ2) is 4.72. The molecule has 2 aromatic rings. The van der Waals surface area contributed by atoms with Gasteiger partial charge in [-0.05, 0) is 18.4 Å². The van der Waals surface area contributed by atoms with Crippen molar-refractivity contribution >= 4 is 11.5 Å². The molecular weight excluding hydrogens is 244 g/mol. The number of rotatable bonds is 3. The number of nitro benzene ring substituents is 1. The summed E-state index contributed by atoms with van der Waals surface area (Å²) in [6.45, 7) is 5.93. The van der Waals surface area contributed by atoms with E-state index in [1.165, 1.54) is 6.07 Å². The number of nitrogens with two attached hydrogens (primary N) is 1. The fraction of sp³-hybridized carbons (Fsp3) is 0.308. The van der Waals surface area contributed by atoms with Gasteiger partial charge in [0.05, 0.1) is 10.6 Å². The first-order valence-corrected chi connectivity index (χ1v) is 6.01. The predicted octanol–water partition coefficient (Wildman–Crippen LogP) is 3.00. The maximum atomic E-state index is 10.9. The van der Waals surface area contributed by atoms with E-state index in [1.54, 1.807) is 12.1 Å². The summed E-state index contributed by atoms with van der Waals surface area (Å²) in [6.07, 6.45) is 0. The quantitative estimate of drug-likeness (QED) is 0.654. The number of hydrogen-bond donors (Lipinski definition) is 2. The van der Waals surface area contributed by atoms with Gasteiger partial charge in [0, 0.05) is 23.3 Å². The molecule has 0 saturated heterocycles. The number of nitro groups is 1. The molecular formula is C13H16N4O2. The number of non-ortho nitro benzene ring substituents is 1. The molecule has 0 unspecified atom stereocenters. The standard InChI is InChI=1S/C13H16N4O2/c1-7(2)11-12(15-16-13(11)14)10-6-9(17(18)19)5-4-8(10)3/h4-7H,1-3H3,(H3,14,15,16). The van der Waals surface area contributed by atoms with Crippen molar-refractivity contribution in [1.82, 2.24) is 10.2 Å². The van der Waals surface area contributed by atoms with Crippen molar-refractivity contribution < 1.29 is 4.92 Å². The predicted molar refractivity (Wildman–Crippen MR) is 73.9 cm³/mol. The summed E-state index contributed by atoms with van der Waals surface area (Å²) in [5.74, 6) is 0.628. The molecule has 0 fully saturated rings. The van der Waals surface area contributed by atoms with Gasteiger partial charge < -0.3 is 5.73 Å². The lowest BCUT2D eigenvalue weighted by atomic mass is 9.96. The van der Waals surface area contributed by atoms with Gasteiger partial charge in [-0.15, -0.1) is 0 Å². The van der Waals surface area contributed by atoms with Crippen LogP contribution in [0.4, 0.5) is 11.5 Å². The number of aromatic amines is 1. The lowest BCUT2D eigenvalue weighted by Crippen LogP contribution is -1.97. The number of aromatic nitrogens is 2. The van der Waals surface area contributed by atoms with Crippen molar-refractivity contribution in [3.8, 4) is 11.3 Å². The summed E-state index contributed by atoms with van der Waals surface area (Å²) in [5.41, 5.74) is 9.27. The van der Waals surface area contributed by atoms with Gasteiger partial charge >= 0.3 is 0 Å². The van der Waals surface area contributed by atoms with Crippen LogP contribution in [0.25, 0.3) is 11.3 Å². The molecule has 1 aromatic heterocycles. The van der Waals surface area contributed by atoms with Gasteiger partial charge in [0.15, 0.2) is 0 Å². The van der Waals surface area contributed by atoms with Crippen LogP contribution in [-0.2, 0) is 0 Å². The molecule has 0 aliphatic rings. The third-order valence-electron chi connectivity index (χ3n) is 3.11. The topological polar surface area (TPSA) is 97.8 Å². The van der Waals surface area contributed by atoms with Gasteiger partial charge in [0.25, 0.3) is 5.69 Å². The van der Waals surface area contributed by atoms with E-state index in [1.807, 2.05) is 20.8 Å². The third kappa shape index (κ3) is 2.29. The molecule has 0 aliphatic carbocycles. The number of hydrogen-bond acceptors (Lipinski definition) is 4. The van der Waals surface area contributed by atoms with Gasteiger partial charge in [0.1, 0.15) is 5.82 Å². The first-order chi connectivity index (χ1) is 8.91. The highest BCUT2D eigenvalue weighted by Gasteiger charge is 2.19. The minimum absolute atomic E-state index is 0.0588. The van der Waals surface area contributed by atoms with Crippen LogP contribution in [0.5, 0.6) is 0 Å². The molecule has 0 spiro atoms. The Morgan fingerprint density at radius 2 is 2.11 bits per heavy atom. The first-order valence-electron chi connectivity index (χ1n) is 6.01. The van der Waals surface area contributed by atoms with Crippen LogP contribution in [0.15, 0.2) is 18.2 Å². The highest BCUT2D eigenvalue weighted by Crippen LogP contribution is 2.34. The summed E-state index contributed by atoms with van der Waals surface area (Å²) in [4.78, 5) is 10.5. The van der Waals surface area contributed by atoms with Crippen molar-refractivity contribution in [1.29, 1.82) is 0 Å². The van der Waals surface area contributed by atoms with E-state index in [0.29, 0.717) is 5.82 Å². The lowest BCUT2D eigenvalue weighted by Gasteiger charge is -2.09. The highest BCUT2D eigenvalue weighted by molar-refractivity contribution is 5.73. The Kier molecular flexibility index (Phi) is 3.25. The van der Waals surface area contributed by atoms with Gasteiger partial charge in [-0.2, -0.15) is 5.10 Å². The largest absolute Gasteiger partial charge is 0.382 e. The lowest BCUT2D eigenvalue weighted by molar-refractivity contribution is -0.384. The van der Waals surface area contributed by atoms with Crippen LogP contribution in [0.1, 0.15) is 30.9 Å². The Morgan fingerprint density at radius 3 is 2.68 bits per heavy atom. The molecule has 100 valence electrons. The van der Waals surface area contributed by atoms with E-state index in [4.69, 9.17) is 5.73 Å². The summed E-state index contributed by atoms with van der Waals surface area (Å²) in [6, 6.07) is 4.77.